The summed E-state index contributed by atoms with van der Waals surface area (Å²) in [5.41, 5.74) is 1.32. The third-order valence-corrected chi connectivity index (χ3v) is 5.48. The number of nitrogens with zero attached hydrogens (tertiary/aromatic N) is 4. The molecule has 0 unspecified atom stereocenters. The highest BCUT2D eigenvalue weighted by Gasteiger charge is 2.06. The van der Waals surface area contributed by atoms with Gasteiger partial charge in [-0.15, -0.1) is 45.5 Å². The Kier molecular flexibility index (Phi) is 10.4. The zero-order valence-corrected chi connectivity index (χ0v) is 19.2. The fourth-order valence-electron chi connectivity index (χ4n) is 2.09. The molecule has 2 rings (SSSR count). The molecule has 0 radical (unpaired) electrons. The number of nitrogens with one attached hydrogen (secondary N) is 2. The van der Waals surface area contributed by atoms with Crippen LogP contribution in [-0.2, 0) is 20.1 Å². The van der Waals surface area contributed by atoms with E-state index >= 15 is 0 Å². The van der Waals surface area contributed by atoms with Gasteiger partial charge < -0.3 is 15.2 Å². The van der Waals surface area contributed by atoms with Crippen molar-refractivity contribution in [3.63, 3.8) is 0 Å². The van der Waals surface area contributed by atoms with E-state index in [0.29, 0.717) is 6.54 Å². The molecule has 0 fully saturated rings. The van der Waals surface area contributed by atoms with Crippen molar-refractivity contribution in [1.82, 2.24) is 25.4 Å². The number of guanidine groups is 1. The van der Waals surface area contributed by atoms with Gasteiger partial charge in [0.2, 0.25) is 0 Å². The van der Waals surface area contributed by atoms with Gasteiger partial charge in [-0.05, 0) is 49.3 Å². The average Bonchev–Trinajstić information content (AvgIpc) is 3.13. The molecule has 25 heavy (non-hydrogen) atoms. The first-order valence-electron chi connectivity index (χ1n) is 8.00. The van der Waals surface area contributed by atoms with Gasteiger partial charge >= 0.3 is 0 Å². The Morgan fingerprint density at radius 2 is 2.12 bits per heavy atom. The predicted octanol–water partition coefficient (Wildman–Crippen LogP) is 3.10. The van der Waals surface area contributed by atoms with Crippen LogP contribution in [0.3, 0.4) is 0 Å². The van der Waals surface area contributed by atoms with E-state index in [9.17, 15) is 0 Å². The number of aromatic nitrogens is 3. The highest BCUT2D eigenvalue weighted by atomic mass is 127. The van der Waals surface area contributed by atoms with Crippen LogP contribution >= 0.6 is 47.1 Å². The quantitative estimate of drug-likeness (QED) is 0.256. The van der Waals surface area contributed by atoms with Crippen molar-refractivity contribution < 1.29 is 0 Å². The number of aliphatic imine (C=N–C) groups is 1. The number of aryl methyl sites for hydroxylation is 2. The minimum atomic E-state index is 0. The summed E-state index contributed by atoms with van der Waals surface area (Å²) in [5.74, 6) is 3.73. The minimum Gasteiger partial charge on any atom is -0.356 e. The van der Waals surface area contributed by atoms with Crippen LogP contribution in [0, 0.1) is 13.8 Å². The maximum absolute atomic E-state index is 4.66. The number of thiophene rings is 1. The summed E-state index contributed by atoms with van der Waals surface area (Å²) in [6, 6.07) is 2.15. The summed E-state index contributed by atoms with van der Waals surface area (Å²) < 4.78 is 1.97. The second-order valence-corrected chi connectivity index (χ2v) is 7.53. The molecule has 0 amide bonds. The van der Waals surface area contributed by atoms with Crippen molar-refractivity contribution >= 4 is 53.0 Å². The number of thioether (sulfide) groups is 1. The highest BCUT2D eigenvalue weighted by Crippen LogP contribution is 2.14. The summed E-state index contributed by atoms with van der Waals surface area (Å²) in [5, 5.41) is 17.2. The topological polar surface area (TPSA) is 67.1 Å². The van der Waals surface area contributed by atoms with E-state index in [2.05, 4.69) is 50.4 Å². The number of rotatable bonds is 8. The smallest absolute Gasteiger partial charge is 0.192 e. The van der Waals surface area contributed by atoms with E-state index in [1.807, 2.05) is 30.3 Å². The molecule has 0 aliphatic rings. The van der Waals surface area contributed by atoms with E-state index in [0.717, 1.165) is 42.9 Å². The molecule has 9 heteroatoms. The van der Waals surface area contributed by atoms with Crippen LogP contribution in [-0.4, -0.2) is 39.3 Å². The molecule has 140 valence electrons. The molecule has 6 nitrogen and oxygen atoms in total. The molecule has 2 aromatic heterocycles. The van der Waals surface area contributed by atoms with E-state index in [-0.39, 0.29) is 24.0 Å². The molecular weight excluding hydrogens is 467 g/mol. The van der Waals surface area contributed by atoms with Crippen LogP contribution in [0.5, 0.6) is 0 Å². The molecule has 2 aromatic rings. The molecule has 0 atom stereocenters. The fourth-order valence-corrected chi connectivity index (χ4v) is 3.36. The van der Waals surface area contributed by atoms with Gasteiger partial charge in [-0.2, -0.15) is 11.8 Å². The lowest BCUT2D eigenvalue weighted by molar-refractivity contribution is 0.746. The van der Waals surface area contributed by atoms with E-state index in [1.54, 1.807) is 11.3 Å². The van der Waals surface area contributed by atoms with Crippen molar-refractivity contribution in [3.05, 3.63) is 33.5 Å². The second-order valence-electron chi connectivity index (χ2n) is 5.54. The average molecular weight is 494 g/mol. The lowest BCUT2D eigenvalue weighted by Crippen LogP contribution is -2.37. The summed E-state index contributed by atoms with van der Waals surface area (Å²) >= 11 is 3.63. The van der Waals surface area contributed by atoms with Gasteiger partial charge in [-0.25, -0.2) is 4.99 Å². The second kappa shape index (κ2) is 11.7. The molecule has 0 saturated heterocycles. The van der Waals surface area contributed by atoms with Gasteiger partial charge in [-0.1, -0.05) is 0 Å². The van der Waals surface area contributed by atoms with E-state index in [4.69, 9.17) is 0 Å². The van der Waals surface area contributed by atoms with Crippen molar-refractivity contribution in [3.8, 4) is 0 Å². The van der Waals surface area contributed by atoms with Crippen LogP contribution in [0.4, 0.5) is 0 Å². The summed E-state index contributed by atoms with van der Waals surface area (Å²) in [6.45, 7) is 6.29. The monoisotopic (exact) mass is 494 g/mol. The first kappa shape index (κ1) is 22.2. The Morgan fingerprint density at radius 3 is 2.72 bits per heavy atom. The lowest BCUT2D eigenvalue weighted by Gasteiger charge is -2.12. The molecule has 0 aromatic carbocycles. The third kappa shape index (κ3) is 7.14. The van der Waals surface area contributed by atoms with Crippen LogP contribution < -0.4 is 10.6 Å². The van der Waals surface area contributed by atoms with Gasteiger partial charge in [0.05, 0.1) is 6.54 Å². The Labute approximate surface area is 175 Å². The highest BCUT2D eigenvalue weighted by molar-refractivity contribution is 14.0. The van der Waals surface area contributed by atoms with Gasteiger partial charge in [-0.3, -0.25) is 0 Å². The van der Waals surface area contributed by atoms with E-state index < -0.39 is 0 Å². The van der Waals surface area contributed by atoms with Gasteiger partial charge in [0.1, 0.15) is 12.4 Å². The fraction of sp³-hybridized carbons (Fsp3) is 0.562. The predicted molar refractivity (Wildman–Crippen MR) is 119 cm³/mol. The van der Waals surface area contributed by atoms with E-state index in [1.165, 1.54) is 10.4 Å². The Morgan fingerprint density at radius 1 is 1.32 bits per heavy atom. The number of halogens is 1. The minimum absolute atomic E-state index is 0. The lowest BCUT2D eigenvalue weighted by atomic mass is 10.3. The summed E-state index contributed by atoms with van der Waals surface area (Å²) in [6.07, 6.45) is 3.24. The van der Waals surface area contributed by atoms with Gasteiger partial charge in [0.15, 0.2) is 11.8 Å². The zero-order valence-electron chi connectivity index (χ0n) is 15.2. The van der Waals surface area contributed by atoms with Crippen LogP contribution in [0.1, 0.15) is 28.5 Å². The Balaban J connectivity index is 0.00000312. The van der Waals surface area contributed by atoms with Crippen molar-refractivity contribution in [2.24, 2.45) is 12.0 Å². The standard InChI is InChI=1S/C16H26N6S2.HI/c1-12-6-9-24-14(12)10-18-16(17-7-5-8-23-4)19-11-15-21-20-13(2)22(15)3;/h6,9H,5,7-8,10-11H2,1-4H3,(H2,17,18,19);1H. The molecule has 0 spiro atoms. The van der Waals surface area contributed by atoms with Gasteiger partial charge in [0.25, 0.3) is 0 Å². The SMILES string of the molecule is CSCCCNC(=NCc1nnc(C)n1C)NCc1sccc1C.I. The first-order chi connectivity index (χ1) is 11.6. The van der Waals surface area contributed by atoms with Crippen LogP contribution in [0.25, 0.3) is 0 Å². The van der Waals surface area contributed by atoms with Crippen molar-refractivity contribution in [2.45, 2.75) is 33.4 Å². The van der Waals surface area contributed by atoms with Crippen molar-refractivity contribution in [1.29, 1.82) is 0 Å². The molecule has 0 bridgehead atoms. The Hall–Kier alpha value is -0.810. The van der Waals surface area contributed by atoms with Crippen LogP contribution in [0.2, 0.25) is 0 Å². The van der Waals surface area contributed by atoms with Gasteiger partial charge in [0, 0.05) is 18.5 Å². The number of hydrogen-bond donors (Lipinski definition) is 2. The first-order valence-corrected chi connectivity index (χ1v) is 10.3. The maximum atomic E-state index is 4.66. The zero-order chi connectivity index (χ0) is 17.4. The molecule has 2 heterocycles. The number of hydrogen-bond acceptors (Lipinski definition) is 5. The molecule has 0 aliphatic carbocycles. The summed E-state index contributed by atoms with van der Waals surface area (Å²) in [4.78, 5) is 6.00. The third-order valence-electron chi connectivity index (χ3n) is 3.76. The molecular formula is C16H27IN6S2. The largest absolute Gasteiger partial charge is 0.356 e. The summed E-state index contributed by atoms with van der Waals surface area (Å²) in [7, 11) is 1.97. The molecule has 2 N–H and O–H groups in total. The normalized spacial score (nSPS) is 11.3. The van der Waals surface area contributed by atoms with Crippen molar-refractivity contribution in [2.75, 3.05) is 18.6 Å². The van der Waals surface area contributed by atoms with Crippen LogP contribution in [0.15, 0.2) is 16.4 Å². The molecule has 0 saturated carbocycles. The molecule has 0 aliphatic heterocycles. The Bertz CT molecular complexity index is 667. The maximum Gasteiger partial charge on any atom is 0.192 e.